The molecule has 0 saturated carbocycles. The van der Waals surface area contributed by atoms with Crippen molar-refractivity contribution >= 4 is 16.1 Å². The van der Waals surface area contributed by atoms with Crippen molar-refractivity contribution in [2.24, 2.45) is 0 Å². The second-order valence-corrected chi connectivity index (χ2v) is 9.53. The minimum Gasteiger partial charge on any atom is -0.454 e. The maximum Gasteiger partial charge on any atom is 0.402 e. The van der Waals surface area contributed by atoms with Gasteiger partial charge in [0.1, 0.15) is 0 Å². The molecule has 0 heterocycles. The molecule has 1 aromatic rings. The van der Waals surface area contributed by atoms with Gasteiger partial charge in [0.25, 0.3) is 0 Å². The summed E-state index contributed by atoms with van der Waals surface area (Å²) in [5.41, 5.74) is 1.08. The highest BCUT2D eigenvalue weighted by atomic mass is 32.2. The van der Waals surface area contributed by atoms with Gasteiger partial charge in [-0.05, 0) is 34.1 Å². The Labute approximate surface area is 147 Å². The zero-order chi connectivity index (χ0) is 19.8. The van der Waals surface area contributed by atoms with E-state index in [1.54, 1.807) is 0 Å². The Hall–Kier alpha value is -1.54. The van der Waals surface area contributed by atoms with Crippen LogP contribution in [0.2, 0.25) is 0 Å². The summed E-state index contributed by atoms with van der Waals surface area (Å²) in [6, 6.07) is 5.00. The van der Waals surface area contributed by atoms with E-state index in [1.807, 2.05) is 47.6 Å². The molecule has 0 aliphatic rings. The van der Waals surface area contributed by atoms with Crippen LogP contribution in [0.4, 0.5) is 8.78 Å². The number of ether oxygens (including phenoxy) is 1. The molecule has 1 aromatic carbocycles. The van der Waals surface area contributed by atoms with Crippen LogP contribution in [0.15, 0.2) is 18.2 Å². The Kier molecular flexibility index (Phi) is 5.71. The molecule has 0 aliphatic heterocycles. The van der Waals surface area contributed by atoms with Gasteiger partial charge in [-0.2, -0.15) is 17.2 Å². The first-order valence-corrected chi connectivity index (χ1v) is 9.07. The van der Waals surface area contributed by atoms with Gasteiger partial charge in [0.15, 0.2) is 6.61 Å². The van der Waals surface area contributed by atoms with E-state index >= 15 is 0 Å². The molecular weight excluding hydrogens is 354 g/mol. The first-order chi connectivity index (χ1) is 10.9. The van der Waals surface area contributed by atoms with Crippen molar-refractivity contribution in [3.8, 4) is 0 Å². The maximum absolute atomic E-state index is 13.2. The second kappa shape index (κ2) is 6.64. The van der Waals surface area contributed by atoms with Gasteiger partial charge >= 0.3 is 21.3 Å². The molecule has 1 N–H and O–H groups in total. The van der Waals surface area contributed by atoms with Crippen molar-refractivity contribution in [1.82, 2.24) is 0 Å². The molecular formula is C17H24F2O5S. The summed E-state index contributed by atoms with van der Waals surface area (Å²) in [4.78, 5) is 12.1. The minimum absolute atomic E-state index is 0.0449. The third kappa shape index (κ3) is 5.47. The lowest BCUT2D eigenvalue weighted by molar-refractivity contribution is -0.00952. The van der Waals surface area contributed by atoms with E-state index in [-0.39, 0.29) is 16.4 Å². The molecule has 0 spiro atoms. The number of benzene rings is 1. The van der Waals surface area contributed by atoms with Crippen LogP contribution in [-0.2, 0) is 25.7 Å². The maximum atomic E-state index is 13.2. The first-order valence-electron chi connectivity index (χ1n) is 7.63. The first kappa shape index (κ1) is 21.5. The highest BCUT2D eigenvalue weighted by molar-refractivity contribution is 7.86. The van der Waals surface area contributed by atoms with Gasteiger partial charge in [-0.25, -0.2) is 4.79 Å². The fraction of sp³-hybridized carbons (Fsp3) is 0.588. The molecule has 0 amide bonds. The van der Waals surface area contributed by atoms with Crippen LogP contribution < -0.4 is 0 Å². The number of carbonyl (C=O) groups is 1. The van der Waals surface area contributed by atoms with Crippen molar-refractivity contribution in [3.05, 3.63) is 34.9 Å². The normalized spacial score (nSPS) is 13.6. The molecule has 1 rings (SSSR count). The lowest BCUT2D eigenvalue weighted by atomic mass is 9.79. The quantitative estimate of drug-likeness (QED) is 0.634. The SMILES string of the molecule is CC(C)(C)c1cc(C(=O)OCC(F)(F)S(=O)(=O)O)cc(C(C)(C)C)c1. The monoisotopic (exact) mass is 378 g/mol. The van der Waals surface area contributed by atoms with Gasteiger partial charge in [-0.3, -0.25) is 4.55 Å². The number of alkyl halides is 2. The van der Waals surface area contributed by atoms with Crippen molar-refractivity contribution in [2.75, 3.05) is 6.61 Å². The molecule has 142 valence electrons. The number of rotatable bonds is 4. The fourth-order valence-corrected chi connectivity index (χ4v) is 2.13. The predicted molar refractivity (Wildman–Crippen MR) is 90.6 cm³/mol. The molecule has 0 fully saturated rings. The molecule has 0 saturated heterocycles. The van der Waals surface area contributed by atoms with E-state index in [2.05, 4.69) is 4.74 Å². The van der Waals surface area contributed by atoms with Crippen LogP contribution in [0, 0.1) is 0 Å². The van der Waals surface area contributed by atoms with Gasteiger partial charge in [0, 0.05) is 0 Å². The number of halogens is 2. The van der Waals surface area contributed by atoms with Crippen LogP contribution in [0.25, 0.3) is 0 Å². The molecule has 25 heavy (non-hydrogen) atoms. The second-order valence-electron chi connectivity index (χ2n) is 7.99. The van der Waals surface area contributed by atoms with Crippen molar-refractivity contribution in [1.29, 1.82) is 0 Å². The Morgan fingerprint density at radius 1 is 1.00 bits per heavy atom. The molecule has 0 atom stereocenters. The summed E-state index contributed by atoms with van der Waals surface area (Å²) in [5.74, 6) is -1.08. The number of hydrogen-bond acceptors (Lipinski definition) is 4. The molecule has 0 bridgehead atoms. The molecule has 0 unspecified atom stereocenters. The predicted octanol–water partition coefficient (Wildman–Crippen LogP) is 3.92. The van der Waals surface area contributed by atoms with Gasteiger partial charge in [-0.15, -0.1) is 0 Å². The van der Waals surface area contributed by atoms with Crippen LogP contribution in [-0.4, -0.2) is 30.8 Å². The fourth-order valence-electron chi connectivity index (χ4n) is 1.92. The summed E-state index contributed by atoms with van der Waals surface area (Å²) in [6.07, 6.45) is 0. The van der Waals surface area contributed by atoms with E-state index < -0.39 is 27.9 Å². The van der Waals surface area contributed by atoms with Crippen molar-refractivity contribution in [2.45, 2.75) is 57.6 Å². The molecule has 8 heteroatoms. The minimum atomic E-state index is -5.65. The van der Waals surface area contributed by atoms with Gasteiger partial charge in [0.05, 0.1) is 5.56 Å². The Morgan fingerprint density at radius 2 is 1.40 bits per heavy atom. The third-order valence-corrected chi connectivity index (χ3v) is 4.52. The van der Waals surface area contributed by atoms with Crippen LogP contribution in [0.3, 0.4) is 0 Å². The lowest BCUT2D eigenvalue weighted by Gasteiger charge is -2.26. The molecule has 5 nitrogen and oxygen atoms in total. The summed E-state index contributed by atoms with van der Waals surface area (Å²) in [5, 5.41) is -4.56. The Morgan fingerprint density at radius 3 is 1.72 bits per heavy atom. The number of esters is 1. The Balaban J connectivity index is 3.22. The average Bonchev–Trinajstić information content (AvgIpc) is 2.41. The Bertz CT molecular complexity index is 724. The third-order valence-electron chi connectivity index (χ3n) is 3.65. The number of hydrogen-bond donors (Lipinski definition) is 1. The van der Waals surface area contributed by atoms with E-state index in [4.69, 9.17) is 4.55 Å². The van der Waals surface area contributed by atoms with E-state index in [9.17, 15) is 22.0 Å². The van der Waals surface area contributed by atoms with Crippen LogP contribution in [0.5, 0.6) is 0 Å². The molecule has 0 radical (unpaired) electrons. The summed E-state index contributed by atoms with van der Waals surface area (Å²) in [7, 11) is -5.65. The largest absolute Gasteiger partial charge is 0.454 e. The zero-order valence-electron chi connectivity index (χ0n) is 15.2. The van der Waals surface area contributed by atoms with Crippen molar-refractivity contribution < 1.29 is 31.3 Å². The lowest BCUT2D eigenvalue weighted by Crippen LogP contribution is -2.34. The van der Waals surface area contributed by atoms with Crippen LogP contribution >= 0.6 is 0 Å². The van der Waals surface area contributed by atoms with E-state index in [0.29, 0.717) is 0 Å². The molecule has 0 aromatic heterocycles. The smallest absolute Gasteiger partial charge is 0.402 e. The topological polar surface area (TPSA) is 80.7 Å². The highest BCUT2D eigenvalue weighted by Crippen LogP contribution is 2.31. The van der Waals surface area contributed by atoms with E-state index in [0.717, 1.165) is 11.1 Å². The highest BCUT2D eigenvalue weighted by Gasteiger charge is 2.45. The standard InChI is InChI=1S/C17H24F2O5S/c1-15(2,3)12-7-11(8-13(9-12)16(4,5)6)14(20)24-10-17(18,19)25(21,22)23/h7-9H,10H2,1-6H3,(H,21,22,23). The van der Waals surface area contributed by atoms with Gasteiger partial charge in [-0.1, -0.05) is 47.6 Å². The van der Waals surface area contributed by atoms with Crippen LogP contribution in [0.1, 0.15) is 63.0 Å². The zero-order valence-corrected chi connectivity index (χ0v) is 16.0. The average molecular weight is 378 g/mol. The number of carbonyl (C=O) groups excluding carboxylic acids is 1. The van der Waals surface area contributed by atoms with Gasteiger partial charge in [0.2, 0.25) is 0 Å². The van der Waals surface area contributed by atoms with Crippen molar-refractivity contribution in [3.63, 3.8) is 0 Å². The summed E-state index contributed by atoms with van der Waals surface area (Å²) < 4.78 is 60.5. The van der Waals surface area contributed by atoms with E-state index in [1.165, 1.54) is 12.1 Å². The van der Waals surface area contributed by atoms with Gasteiger partial charge < -0.3 is 4.74 Å². The summed E-state index contributed by atoms with van der Waals surface area (Å²) >= 11 is 0. The summed E-state index contributed by atoms with van der Waals surface area (Å²) in [6.45, 7) is 9.89. The molecule has 0 aliphatic carbocycles.